The van der Waals surface area contributed by atoms with Gasteiger partial charge in [0.05, 0.1) is 0 Å². The summed E-state index contributed by atoms with van der Waals surface area (Å²) in [6.45, 7) is 6.26. The van der Waals surface area contributed by atoms with E-state index in [0.29, 0.717) is 0 Å². The Morgan fingerprint density at radius 2 is 2.15 bits per heavy atom. The summed E-state index contributed by atoms with van der Waals surface area (Å²) in [5.41, 5.74) is 3.59. The van der Waals surface area contributed by atoms with Crippen molar-refractivity contribution in [3.05, 3.63) is 47.9 Å². The Morgan fingerprint density at radius 3 is 2.92 bits per heavy atom. The van der Waals surface area contributed by atoms with Crippen molar-refractivity contribution in [3.63, 3.8) is 0 Å². The molecule has 0 aromatic heterocycles. The maximum atomic E-state index is 3.94. The second-order valence-corrected chi connectivity index (χ2v) is 3.41. The van der Waals surface area contributed by atoms with E-state index in [9.17, 15) is 0 Å². The number of benzene rings is 1. The van der Waals surface area contributed by atoms with Crippen molar-refractivity contribution in [2.75, 3.05) is 5.23 Å². The Kier molecular flexibility index (Phi) is 1.97. The Hall–Kier alpha value is -1.44. The summed E-state index contributed by atoms with van der Waals surface area (Å²) in [7, 11) is 0. The van der Waals surface area contributed by atoms with Gasteiger partial charge in [-0.2, -0.15) is 0 Å². The van der Waals surface area contributed by atoms with Gasteiger partial charge in [-0.15, -0.1) is 6.58 Å². The van der Waals surface area contributed by atoms with Crippen LogP contribution in [0.15, 0.2) is 42.3 Å². The molecule has 0 amide bonds. The molecule has 1 heterocycles. The summed E-state index contributed by atoms with van der Waals surface area (Å²) >= 11 is 0. The van der Waals surface area contributed by atoms with Crippen LogP contribution in [0.4, 0.5) is 5.69 Å². The highest BCUT2D eigenvalue weighted by molar-refractivity contribution is 6.75. The van der Waals surface area contributed by atoms with Crippen LogP contribution in [-0.4, -0.2) is 6.85 Å². The zero-order valence-electron chi connectivity index (χ0n) is 7.75. The molecular weight excluding hydrogens is 157 g/mol. The van der Waals surface area contributed by atoms with Gasteiger partial charge >= 0.3 is 6.85 Å². The van der Waals surface area contributed by atoms with Crippen molar-refractivity contribution >= 4 is 18.6 Å². The second-order valence-electron chi connectivity index (χ2n) is 3.41. The van der Waals surface area contributed by atoms with Crippen LogP contribution in [0.25, 0.3) is 6.08 Å². The maximum Gasteiger partial charge on any atom is 0.308 e. The number of allylic oxidation sites excluding steroid dienone is 1. The van der Waals surface area contributed by atoms with Gasteiger partial charge < -0.3 is 5.23 Å². The minimum Gasteiger partial charge on any atom is -0.420 e. The van der Waals surface area contributed by atoms with Crippen LogP contribution >= 0.6 is 0 Å². The van der Waals surface area contributed by atoms with Crippen LogP contribution in [0, 0.1) is 0 Å². The van der Waals surface area contributed by atoms with Gasteiger partial charge in [0.15, 0.2) is 0 Å². The smallest absolute Gasteiger partial charge is 0.308 e. The van der Waals surface area contributed by atoms with Crippen molar-refractivity contribution in [1.29, 1.82) is 0 Å². The minimum atomic E-state index is 0.287. The van der Waals surface area contributed by atoms with Crippen LogP contribution in [0.5, 0.6) is 0 Å². The summed E-state index contributed by atoms with van der Waals surface area (Å²) in [5, 5.41) is 3.41. The van der Waals surface area contributed by atoms with E-state index in [1.165, 1.54) is 11.3 Å². The fraction of sp³-hybridized carbons (Fsp3) is 0.0909. The van der Waals surface area contributed by atoms with E-state index >= 15 is 0 Å². The highest BCUT2D eigenvalue weighted by atomic mass is 14.8. The third kappa shape index (κ3) is 1.52. The third-order valence-corrected chi connectivity index (χ3v) is 2.27. The van der Waals surface area contributed by atoms with E-state index < -0.39 is 0 Å². The lowest BCUT2D eigenvalue weighted by molar-refractivity contribution is 1.56. The van der Waals surface area contributed by atoms with Gasteiger partial charge in [0.25, 0.3) is 0 Å². The molecule has 2 rings (SSSR count). The fourth-order valence-electron chi connectivity index (χ4n) is 1.48. The molecule has 0 spiro atoms. The molecule has 1 nitrogen and oxygen atoms in total. The van der Waals surface area contributed by atoms with Crippen molar-refractivity contribution in [1.82, 2.24) is 0 Å². The van der Waals surface area contributed by atoms with Gasteiger partial charge in [-0.1, -0.05) is 42.6 Å². The summed E-state index contributed by atoms with van der Waals surface area (Å²) in [5.74, 6) is 2.14. The van der Waals surface area contributed by atoms with Crippen LogP contribution in [0.3, 0.4) is 0 Å². The van der Waals surface area contributed by atoms with E-state index in [0.717, 1.165) is 5.47 Å². The predicted octanol–water partition coefficient (Wildman–Crippen LogP) is 2.77. The van der Waals surface area contributed by atoms with Crippen LogP contribution in [0.1, 0.15) is 12.5 Å². The lowest BCUT2D eigenvalue weighted by atomic mass is 9.55. The molecule has 13 heavy (non-hydrogen) atoms. The van der Waals surface area contributed by atoms with Gasteiger partial charge in [0, 0.05) is 5.69 Å². The quantitative estimate of drug-likeness (QED) is 0.637. The fourth-order valence-corrected chi connectivity index (χ4v) is 1.48. The second kappa shape index (κ2) is 3.13. The number of fused-ring (bicyclic) bond motifs is 1. The number of anilines is 1. The third-order valence-electron chi connectivity index (χ3n) is 2.27. The van der Waals surface area contributed by atoms with E-state index in [4.69, 9.17) is 0 Å². The summed E-state index contributed by atoms with van der Waals surface area (Å²) in [6, 6.07) is 8.29. The Morgan fingerprint density at radius 1 is 1.38 bits per heavy atom. The maximum absolute atomic E-state index is 3.94. The Labute approximate surface area is 79.3 Å². The molecule has 2 heteroatoms. The van der Waals surface area contributed by atoms with Crippen molar-refractivity contribution in [3.8, 4) is 0 Å². The highest BCUT2D eigenvalue weighted by Crippen LogP contribution is 2.22. The summed E-state index contributed by atoms with van der Waals surface area (Å²) in [6.07, 6.45) is 2.14. The SMILES string of the molecule is C=C(C)B1C=Cc2ccccc2N1. The van der Waals surface area contributed by atoms with Gasteiger partial charge in [-0.3, -0.25) is 0 Å². The number of para-hydroxylation sites is 1. The van der Waals surface area contributed by atoms with E-state index in [2.05, 4.69) is 36.0 Å². The van der Waals surface area contributed by atoms with Gasteiger partial charge in [0.1, 0.15) is 0 Å². The molecule has 0 radical (unpaired) electrons. The standard InChI is InChI=1S/C11H12BN/c1-9(2)12-8-7-10-5-3-4-6-11(10)13-12/h3-8,13H,1H2,2H3. The molecule has 64 valence electrons. The first kappa shape index (κ1) is 8.18. The Bertz CT molecular complexity index is 368. The van der Waals surface area contributed by atoms with Gasteiger partial charge in [0.2, 0.25) is 0 Å². The molecule has 0 bridgehead atoms. The molecule has 1 N–H and O–H groups in total. The van der Waals surface area contributed by atoms with E-state index in [1.54, 1.807) is 0 Å². The molecular formula is C11H12BN. The molecule has 1 aliphatic rings. The number of hydrogen-bond donors (Lipinski definition) is 1. The normalized spacial score (nSPS) is 13.5. The number of nitrogens with one attached hydrogen (secondary N) is 1. The zero-order valence-corrected chi connectivity index (χ0v) is 7.75. The molecule has 1 aromatic rings. The first-order chi connectivity index (χ1) is 6.27. The first-order valence-corrected chi connectivity index (χ1v) is 4.46. The van der Waals surface area contributed by atoms with Crippen molar-refractivity contribution < 1.29 is 0 Å². The van der Waals surface area contributed by atoms with Crippen molar-refractivity contribution in [2.24, 2.45) is 0 Å². The lowest BCUT2D eigenvalue weighted by Crippen LogP contribution is -2.26. The molecule has 1 aromatic carbocycles. The largest absolute Gasteiger partial charge is 0.420 e. The average molecular weight is 169 g/mol. The summed E-state index contributed by atoms with van der Waals surface area (Å²) < 4.78 is 0. The number of rotatable bonds is 1. The molecule has 0 aliphatic carbocycles. The van der Waals surface area contributed by atoms with E-state index in [-0.39, 0.29) is 6.85 Å². The minimum absolute atomic E-state index is 0.287. The van der Waals surface area contributed by atoms with Crippen LogP contribution in [-0.2, 0) is 0 Å². The average Bonchev–Trinajstić information content (AvgIpc) is 2.17. The Balaban J connectivity index is 2.34. The van der Waals surface area contributed by atoms with E-state index in [1.807, 2.05) is 19.1 Å². The molecule has 0 atom stereocenters. The highest BCUT2D eigenvalue weighted by Gasteiger charge is 2.16. The topological polar surface area (TPSA) is 12.0 Å². The molecule has 0 saturated heterocycles. The zero-order chi connectivity index (χ0) is 9.26. The van der Waals surface area contributed by atoms with Crippen molar-refractivity contribution in [2.45, 2.75) is 6.92 Å². The van der Waals surface area contributed by atoms with Crippen LogP contribution in [0.2, 0.25) is 0 Å². The first-order valence-electron chi connectivity index (χ1n) is 4.46. The van der Waals surface area contributed by atoms with Gasteiger partial charge in [-0.25, -0.2) is 0 Å². The number of hydrogen-bond acceptors (Lipinski definition) is 1. The van der Waals surface area contributed by atoms with Gasteiger partial charge in [-0.05, 0) is 11.6 Å². The molecule has 0 saturated carbocycles. The molecule has 0 unspecified atom stereocenters. The lowest BCUT2D eigenvalue weighted by Gasteiger charge is -2.19. The summed E-state index contributed by atoms with van der Waals surface area (Å²) in [4.78, 5) is 0. The molecule has 1 aliphatic heterocycles. The molecule has 0 fully saturated rings. The predicted molar refractivity (Wildman–Crippen MR) is 59.7 cm³/mol. The van der Waals surface area contributed by atoms with Crippen LogP contribution < -0.4 is 5.23 Å². The monoisotopic (exact) mass is 169 g/mol.